The number of nitrogens with one attached hydrogen (secondary N) is 2. The average molecular weight is 407 g/mol. The quantitative estimate of drug-likeness (QED) is 0.514. The third-order valence-corrected chi connectivity index (χ3v) is 5.75. The van der Waals surface area contributed by atoms with Gasteiger partial charge in [0.1, 0.15) is 0 Å². The van der Waals surface area contributed by atoms with Gasteiger partial charge in [-0.15, -0.1) is 0 Å². The lowest BCUT2D eigenvalue weighted by Gasteiger charge is -2.38. The summed E-state index contributed by atoms with van der Waals surface area (Å²) in [5.74, 6) is 1.34. The minimum Gasteiger partial charge on any atom is -0.490 e. The lowest BCUT2D eigenvalue weighted by Crippen LogP contribution is -2.53. The third kappa shape index (κ3) is 6.31. The molecular weight excluding hydrogens is 371 g/mol. The predicted molar refractivity (Wildman–Crippen MR) is 114 cm³/mol. The van der Waals surface area contributed by atoms with Crippen LogP contribution in [0.2, 0.25) is 0 Å². The van der Waals surface area contributed by atoms with Crippen molar-refractivity contribution in [2.24, 2.45) is 10.9 Å². The van der Waals surface area contributed by atoms with Crippen LogP contribution in [0.1, 0.15) is 45.2 Å². The molecule has 2 N–H and O–H groups in total. The highest BCUT2D eigenvalue weighted by Crippen LogP contribution is 2.30. The first kappa shape index (κ1) is 21.8. The van der Waals surface area contributed by atoms with Crippen molar-refractivity contribution in [3.8, 4) is 5.75 Å². The van der Waals surface area contributed by atoms with Crippen molar-refractivity contribution in [3.63, 3.8) is 0 Å². The maximum absolute atomic E-state index is 14.4. The van der Waals surface area contributed by atoms with Crippen molar-refractivity contribution >= 4 is 5.96 Å². The Morgan fingerprint density at radius 3 is 2.83 bits per heavy atom. The van der Waals surface area contributed by atoms with E-state index in [0.29, 0.717) is 36.3 Å². The summed E-state index contributed by atoms with van der Waals surface area (Å²) < 4.78 is 25.5. The van der Waals surface area contributed by atoms with E-state index in [4.69, 9.17) is 9.47 Å². The number of nitrogens with zero attached hydrogens (tertiary/aromatic N) is 2. The number of guanidine groups is 1. The lowest BCUT2D eigenvalue weighted by molar-refractivity contribution is -0.0174. The van der Waals surface area contributed by atoms with Crippen LogP contribution in [0.15, 0.2) is 23.2 Å². The van der Waals surface area contributed by atoms with Gasteiger partial charge in [0.2, 0.25) is 0 Å². The number of morpholine rings is 1. The molecule has 0 aromatic heterocycles. The molecule has 0 amide bonds. The van der Waals surface area contributed by atoms with Crippen LogP contribution in [-0.2, 0) is 4.74 Å². The summed E-state index contributed by atoms with van der Waals surface area (Å²) in [4.78, 5) is 6.77. The minimum absolute atomic E-state index is 0.0780. The fraction of sp³-hybridized carbons (Fsp3) is 0.682. The predicted octanol–water partition coefficient (Wildman–Crippen LogP) is 2.95. The molecule has 29 heavy (non-hydrogen) atoms. The maximum atomic E-state index is 14.4. The number of hydrogen-bond donors (Lipinski definition) is 2. The molecule has 1 saturated carbocycles. The van der Waals surface area contributed by atoms with Gasteiger partial charge in [-0.2, -0.15) is 0 Å². The molecule has 2 fully saturated rings. The SMILES string of the molecule is CN=C(NCC(C)N1CCOCC1C)NC(C)c1ccc(OCC2CC2)c(F)c1. The Morgan fingerprint density at radius 1 is 1.38 bits per heavy atom. The molecule has 1 aliphatic heterocycles. The van der Waals surface area contributed by atoms with Gasteiger partial charge in [0, 0.05) is 32.2 Å². The van der Waals surface area contributed by atoms with Gasteiger partial charge in [0.25, 0.3) is 0 Å². The zero-order chi connectivity index (χ0) is 20.8. The highest BCUT2D eigenvalue weighted by atomic mass is 19.1. The molecule has 1 aromatic carbocycles. The normalized spacial score (nSPS) is 22.8. The van der Waals surface area contributed by atoms with E-state index in [9.17, 15) is 4.39 Å². The number of aliphatic imine (C=N–C) groups is 1. The lowest BCUT2D eigenvalue weighted by atomic mass is 10.1. The van der Waals surface area contributed by atoms with E-state index in [-0.39, 0.29) is 11.9 Å². The Labute approximate surface area is 173 Å². The van der Waals surface area contributed by atoms with Crippen molar-refractivity contribution in [3.05, 3.63) is 29.6 Å². The zero-order valence-corrected chi connectivity index (χ0v) is 18.1. The van der Waals surface area contributed by atoms with Crippen LogP contribution in [-0.4, -0.2) is 62.9 Å². The Bertz CT molecular complexity index is 695. The molecule has 2 aliphatic rings. The topological polar surface area (TPSA) is 58.1 Å². The molecular formula is C22H35FN4O2. The Balaban J connectivity index is 1.49. The molecule has 0 radical (unpaired) electrons. The van der Waals surface area contributed by atoms with E-state index >= 15 is 0 Å². The van der Waals surface area contributed by atoms with Crippen molar-refractivity contribution in [1.82, 2.24) is 15.5 Å². The molecule has 162 valence electrons. The molecule has 3 atom stereocenters. The largest absolute Gasteiger partial charge is 0.490 e. The van der Waals surface area contributed by atoms with Crippen LogP contribution in [0, 0.1) is 11.7 Å². The number of rotatable bonds is 8. The Hall–Kier alpha value is -1.86. The Morgan fingerprint density at radius 2 is 2.17 bits per heavy atom. The first-order chi connectivity index (χ1) is 14.0. The highest BCUT2D eigenvalue weighted by Gasteiger charge is 2.24. The molecule has 1 aliphatic carbocycles. The third-order valence-electron chi connectivity index (χ3n) is 5.75. The summed E-state index contributed by atoms with van der Waals surface area (Å²) in [6.45, 7) is 10.3. The fourth-order valence-corrected chi connectivity index (χ4v) is 3.64. The summed E-state index contributed by atoms with van der Waals surface area (Å²) in [7, 11) is 1.75. The number of halogens is 1. The molecule has 6 nitrogen and oxygen atoms in total. The highest BCUT2D eigenvalue weighted by molar-refractivity contribution is 5.80. The monoisotopic (exact) mass is 406 g/mol. The van der Waals surface area contributed by atoms with Crippen LogP contribution in [0.4, 0.5) is 4.39 Å². The summed E-state index contributed by atoms with van der Waals surface area (Å²) in [6, 6.07) is 5.88. The molecule has 1 saturated heterocycles. The fourth-order valence-electron chi connectivity index (χ4n) is 3.64. The number of ether oxygens (including phenoxy) is 2. The summed E-state index contributed by atoms with van der Waals surface area (Å²) >= 11 is 0. The molecule has 1 heterocycles. The maximum Gasteiger partial charge on any atom is 0.191 e. The second-order valence-electron chi connectivity index (χ2n) is 8.27. The van der Waals surface area contributed by atoms with Gasteiger partial charge in [-0.05, 0) is 57.2 Å². The van der Waals surface area contributed by atoms with Gasteiger partial charge in [-0.3, -0.25) is 9.89 Å². The van der Waals surface area contributed by atoms with E-state index in [1.54, 1.807) is 19.2 Å². The molecule has 3 unspecified atom stereocenters. The van der Waals surface area contributed by atoms with E-state index in [1.165, 1.54) is 12.8 Å². The first-order valence-corrected chi connectivity index (χ1v) is 10.7. The van der Waals surface area contributed by atoms with Crippen molar-refractivity contribution in [2.45, 2.75) is 51.7 Å². The molecule has 0 spiro atoms. The van der Waals surface area contributed by atoms with E-state index in [2.05, 4.69) is 34.4 Å². The number of hydrogen-bond acceptors (Lipinski definition) is 4. The van der Waals surface area contributed by atoms with E-state index < -0.39 is 0 Å². The molecule has 1 aromatic rings. The van der Waals surface area contributed by atoms with Gasteiger partial charge >= 0.3 is 0 Å². The minimum atomic E-state index is -0.310. The molecule has 3 rings (SSSR count). The average Bonchev–Trinajstić information content (AvgIpc) is 3.54. The van der Waals surface area contributed by atoms with Gasteiger partial charge in [-0.25, -0.2) is 4.39 Å². The van der Waals surface area contributed by atoms with Crippen LogP contribution >= 0.6 is 0 Å². The zero-order valence-electron chi connectivity index (χ0n) is 18.1. The van der Waals surface area contributed by atoms with E-state index in [0.717, 1.165) is 31.9 Å². The smallest absolute Gasteiger partial charge is 0.191 e. The molecule has 0 bridgehead atoms. The summed E-state index contributed by atoms with van der Waals surface area (Å²) in [5, 5.41) is 6.74. The van der Waals surface area contributed by atoms with E-state index in [1.807, 2.05) is 13.0 Å². The van der Waals surface area contributed by atoms with Crippen LogP contribution in [0.3, 0.4) is 0 Å². The number of benzene rings is 1. The van der Waals surface area contributed by atoms with Crippen molar-refractivity contribution in [1.29, 1.82) is 0 Å². The Kier molecular flexibility index (Phi) is 7.72. The second kappa shape index (κ2) is 10.3. The van der Waals surface area contributed by atoms with Gasteiger partial charge < -0.3 is 20.1 Å². The second-order valence-corrected chi connectivity index (χ2v) is 8.27. The summed E-state index contributed by atoms with van der Waals surface area (Å²) in [6.07, 6.45) is 2.38. The van der Waals surface area contributed by atoms with Crippen LogP contribution in [0.5, 0.6) is 5.75 Å². The molecule has 7 heteroatoms. The van der Waals surface area contributed by atoms with Crippen molar-refractivity contribution in [2.75, 3.05) is 40.0 Å². The van der Waals surface area contributed by atoms with Gasteiger partial charge in [0.15, 0.2) is 17.5 Å². The van der Waals surface area contributed by atoms with Gasteiger partial charge in [-0.1, -0.05) is 6.07 Å². The standard InChI is InChI=1S/C22H35FN4O2/c1-15(27-9-10-28-13-16(27)2)12-25-22(24-4)26-17(3)19-7-8-21(20(23)11-19)29-14-18-5-6-18/h7-8,11,15-18H,5-6,9-10,12-14H2,1-4H3,(H2,24,25,26). The first-order valence-electron chi connectivity index (χ1n) is 10.7. The van der Waals surface area contributed by atoms with Crippen molar-refractivity contribution < 1.29 is 13.9 Å². The van der Waals surface area contributed by atoms with Crippen LogP contribution < -0.4 is 15.4 Å². The summed E-state index contributed by atoms with van der Waals surface area (Å²) in [5.41, 5.74) is 0.860. The van der Waals surface area contributed by atoms with Crippen LogP contribution in [0.25, 0.3) is 0 Å². The van der Waals surface area contributed by atoms with Gasteiger partial charge in [0.05, 0.1) is 25.9 Å².